The first-order valence-corrected chi connectivity index (χ1v) is 8.29. The molecular weight excluding hydrogens is 274 g/mol. The Morgan fingerprint density at radius 1 is 1.23 bits per heavy atom. The van der Waals surface area contributed by atoms with Gasteiger partial charge in [-0.25, -0.2) is 0 Å². The molecule has 1 N–H and O–H groups in total. The van der Waals surface area contributed by atoms with Crippen LogP contribution in [0.5, 0.6) is 0 Å². The van der Waals surface area contributed by atoms with Crippen LogP contribution in [0.1, 0.15) is 42.9 Å². The van der Waals surface area contributed by atoms with Gasteiger partial charge in [-0.2, -0.15) is 0 Å². The standard InChI is InChI=1S/C18H29N3O/c1-15(2)18-6-5-16(11-17(18)12-19-14-22)13-21-8-4-7-20(3)9-10-21/h5-6,11,14-15H,4,7-10,12-13H2,1-3H3,(H,19,22). The van der Waals surface area contributed by atoms with E-state index in [1.54, 1.807) is 0 Å². The van der Waals surface area contributed by atoms with Gasteiger partial charge in [0.25, 0.3) is 0 Å². The van der Waals surface area contributed by atoms with Crippen molar-refractivity contribution in [1.82, 2.24) is 15.1 Å². The van der Waals surface area contributed by atoms with Crippen LogP contribution in [0.15, 0.2) is 18.2 Å². The lowest BCUT2D eigenvalue weighted by atomic mass is 9.95. The Kier molecular flexibility index (Phi) is 6.40. The number of nitrogens with zero attached hydrogens (tertiary/aromatic N) is 2. The smallest absolute Gasteiger partial charge is 0.207 e. The molecule has 0 unspecified atom stereocenters. The fraction of sp³-hybridized carbons (Fsp3) is 0.611. The van der Waals surface area contributed by atoms with Gasteiger partial charge in [-0.15, -0.1) is 0 Å². The summed E-state index contributed by atoms with van der Waals surface area (Å²) in [6.07, 6.45) is 2.02. The van der Waals surface area contributed by atoms with E-state index in [0.717, 1.165) is 32.6 Å². The fourth-order valence-corrected chi connectivity index (χ4v) is 3.14. The normalized spacial score (nSPS) is 17.5. The van der Waals surface area contributed by atoms with Crippen LogP contribution in [-0.2, 0) is 17.9 Å². The van der Waals surface area contributed by atoms with Crippen LogP contribution in [0.25, 0.3) is 0 Å². The molecule has 122 valence electrons. The quantitative estimate of drug-likeness (QED) is 0.818. The molecule has 1 aliphatic heterocycles. The lowest BCUT2D eigenvalue weighted by Crippen LogP contribution is -2.28. The van der Waals surface area contributed by atoms with E-state index in [2.05, 4.69) is 54.2 Å². The Morgan fingerprint density at radius 2 is 2.05 bits per heavy atom. The van der Waals surface area contributed by atoms with Gasteiger partial charge in [0.15, 0.2) is 0 Å². The van der Waals surface area contributed by atoms with Crippen LogP contribution in [0.4, 0.5) is 0 Å². The van der Waals surface area contributed by atoms with Gasteiger partial charge in [0.05, 0.1) is 0 Å². The number of rotatable bonds is 6. The van der Waals surface area contributed by atoms with Crippen molar-refractivity contribution >= 4 is 6.41 Å². The van der Waals surface area contributed by atoms with Crippen LogP contribution in [0.2, 0.25) is 0 Å². The summed E-state index contributed by atoms with van der Waals surface area (Å²) in [6.45, 7) is 10.6. The van der Waals surface area contributed by atoms with E-state index < -0.39 is 0 Å². The molecule has 1 aliphatic rings. The molecule has 0 radical (unpaired) electrons. The second-order valence-corrected chi connectivity index (χ2v) is 6.62. The van der Waals surface area contributed by atoms with Crippen molar-refractivity contribution in [2.75, 3.05) is 33.2 Å². The van der Waals surface area contributed by atoms with Crippen LogP contribution in [0, 0.1) is 0 Å². The molecule has 4 nitrogen and oxygen atoms in total. The SMILES string of the molecule is CC(C)c1ccc(CN2CCCN(C)CC2)cc1CNC=O. The summed E-state index contributed by atoms with van der Waals surface area (Å²) in [5.74, 6) is 0.476. The molecule has 22 heavy (non-hydrogen) atoms. The average molecular weight is 303 g/mol. The van der Waals surface area contributed by atoms with Crippen molar-refractivity contribution in [3.8, 4) is 0 Å². The molecule has 1 aromatic carbocycles. The van der Waals surface area contributed by atoms with Gasteiger partial charge in [-0.05, 0) is 49.2 Å². The molecule has 0 aliphatic carbocycles. The Balaban J connectivity index is 2.08. The summed E-state index contributed by atoms with van der Waals surface area (Å²) in [6, 6.07) is 6.74. The van der Waals surface area contributed by atoms with Crippen LogP contribution in [0.3, 0.4) is 0 Å². The summed E-state index contributed by atoms with van der Waals surface area (Å²) in [7, 11) is 2.20. The maximum absolute atomic E-state index is 10.6. The minimum atomic E-state index is 0.476. The van der Waals surface area contributed by atoms with Crippen molar-refractivity contribution in [3.63, 3.8) is 0 Å². The third-order valence-corrected chi connectivity index (χ3v) is 4.42. The molecule has 1 amide bonds. The first-order chi connectivity index (χ1) is 10.6. The first kappa shape index (κ1) is 17.0. The highest BCUT2D eigenvalue weighted by atomic mass is 16.1. The van der Waals surface area contributed by atoms with Crippen molar-refractivity contribution < 1.29 is 4.79 Å². The zero-order valence-corrected chi connectivity index (χ0v) is 14.1. The predicted molar refractivity (Wildman–Crippen MR) is 90.8 cm³/mol. The highest BCUT2D eigenvalue weighted by Crippen LogP contribution is 2.22. The van der Waals surface area contributed by atoms with E-state index in [4.69, 9.17) is 0 Å². The molecule has 0 saturated carbocycles. The second-order valence-electron chi connectivity index (χ2n) is 6.62. The summed E-state index contributed by atoms with van der Waals surface area (Å²) < 4.78 is 0. The molecule has 0 bridgehead atoms. The summed E-state index contributed by atoms with van der Waals surface area (Å²) in [5.41, 5.74) is 3.91. The number of carbonyl (C=O) groups is 1. The largest absolute Gasteiger partial charge is 0.355 e. The fourth-order valence-electron chi connectivity index (χ4n) is 3.14. The third kappa shape index (κ3) is 4.82. The molecule has 1 heterocycles. The molecule has 1 fully saturated rings. The van der Waals surface area contributed by atoms with Crippen molar-refractivity contribution in [1.29, 1.82) is 0 Å². The van der Waals surface area contributed by atoms with E-state index in [0.29, 0.717) is 12.5 Å². The Morgan fingerprint density at radius 3 is 2.77 bits per heavy atom. The van der Waals surface area contributed by atoms with Gasteiger partial charge in [0.2, 0.25) is 6.41 Å². The zero-order chi connectivity index (χ0) is 15.9. The van der Waals surface area contributed by atoms with E-state index >= 15 is 0 Å². The number of likely N-dealkylation sites (N-methyl/N-ethyl adjacent to an activating group) is 1. The van der Waals surface area contributed by atoms with Gasteiger partial charge >= 0.3 is 0 Å². The maximum Gasteiger partial charge on any atom is 0.207 e. The highest BCUT2D eigenvalue weighted by molar-refractivity contribution is 5.47. The third-order valence-electron chi connectivity index (χ3n) is 4.42. The molecule has 2 rings (SSSR count). The number of carbonyl (C=O) groups excluding carboxylic acids is 1. The summed E-state index contributed by atoms with van der Waals surface area (Å²) in [4.78, 5) is 15.5. The molecule has 1 saturated heterocycles. The topological polar surface area (TPSA) is 35.6 Å². The van der Waals surface area contributed by atoms with Crippen LogP contribution < -0.4 is 5.32 Å². The second kappa shape index (κ2) is 8.30. The average Bonchev–Trinajstić information content (AvgIpc) is 2.70. The van der Waals surface area contributed by atoms with Crippen molar-refractivity contribution in [2.45, 2.75) is 39.3 Å². The first-order valence-electron chi connectivity index (χ1n) is 8.29. The van der Waals surface area contributed by atoms with E-state index in [9.17, 15) is 4.79 Å². The number of nitrogens with one attached hydrogen (secondary N) is 1. The Labute approximate surface area is 134 Å². The molecule has 0 aromatic heterocycles. The highest BCUT2D eigenvalue weighted by Gasteiger charge is 2.13. The van der Waals surface area contributed by atoms with E-state index in [1.165, 1.54) is 29.7 Å². The van der Waals surface area contributed by atoms with Gasteiger partial charge < -0.3 is 10.2 Å². The van der Waals surface area contributed by atoms with Gasteiger partial charge in [-0.1, -0.05) is 32.0 Å². The predicted octanol–water partition coefficient (Wildman–Crippen LogP) is 2.19. The molecule has 0 atom stereocenters. The maximum atomic E-state index is 10.6. The van der Waals surface area contributed by atoms with Crippen LogP contribution >= 0.6 is 0 Å². The van der Waals surface area contributed by atoms with Crippen molar-refractivity contribution in [2.24, 2.45) is 0 Å². The van der Waals surface area contributed by atoms with Gasteiger partial charge in [0.1, 0.15) is 0 Å². The molecule has 0 spiro atoms. The van der Waals surface area contributed by atoms with Gasteiger partial charge in [-0.3, -0.25) is 9.69 Å². The monoisotopic (exact) mass is 303 g/mol. The van der Waals surface area contributed by atoms with E-state index in [-0.39, 0.29) is 0 Å². The number of hydrogen-bond acceptors (Lipinski definition) is 3. The minimum Gasteiger partial charge on any atom is -0.355 e. The Bertz CT molecular complexity index is 487. The number of benzene rings is 1. The van der Waals surface area contributed by atoms with Crippen LogP contribution in [-0.4, -0.2) is 49.4 Å². The molecule has 1 aromatic rings. The lowest BCUT2D eigenvalue weighted by Gasteiger charge is -2.21. The minimum absolute atomic E-state index is 0.476. The number of hydrogen-bond donors (Lipinski definition) is 1. The molecular formula is C18H29N3O. The molecule has 4 heteroatoms. The summed E-state index contributed by atoms with van der Waals surface area (Å²) >= 11 is 0. The zero-order valence-electron chi connectivity index (χ0n) is 14.1. The van der Waals surface area contributed by atoms with Gasteiger partial charge in [0, 0.05) is 26.2 Å². The Hall–Kier alpha value is -1.39. The lowest BCUT2D eigenvalue weighted by molar-refractivity contribution is -0.109. The van der Waals surface area contributed by atoms with E-state index in [1.807, 2.05) is 0 Å². The number of amides is 1. The summed E-state index contributed by atoms with van der Waals surface area (Å²) in [5, 5.41) is 2.81. The van der Waals surface area contributed by atoms with Crippen molar-refractivity contribution in [3.05, 3.63) is 34.9 Å².